The molecule has 0 aromatic heterocycles. The van der Waals surface area contributed by atoms with Crippen LogP contribution in [0.1, 0.15) is 37.7 Å². The van der Waals surface area contributed by atoms with E-state index in [2.05, 4.69) is 33.2 Å². The van der Waals surface area contributed by atoms with Crippen LogP contribution in [0.5, 0.6) is 0 Å². The van der Waals surface area contributed by atoms with Gasteiger partial charge in [-0.15, -0.1) is 0 Å². The number of hydrogen-bond donors (Lipinski definition) is 1. The minimum absolute atomic E-state index is 0.117. The predicted molar refractivity (Wildman–Crippen MR) is 83.2 cm³/mol. The summed E-state index contributed by atoms with van der Waals surface area (Å²) >= 11 is 3.41. The molecule has 20 heavy (non-hydrogen) atoms. The summed E-state index contributed by atoms with van der Waals surface area (Å²) in [6.45, 7) is 0.624. The largest absolute Gasteiger partial charge is 0.310 e. The fourth-order valence-electron chi connectivity index (χ4n) is 3.72. The van der Waals surface area contributed by atoms with E-state index in [1.807, 2.05) is 6.07 Å². The van der Waals surface area contributed by atoms with E-state index in [1.54, 1.807) is 6.07 Å². The predicted octanol–water partition coefficient (Wildman–Crippen LogP) is 3.69. The number of nitrogens with zero attached hydrogens (tertiary/aromatic N) is 1. The molecule has 0 amide bonds. The lowest BCUT2D eigenvalue weighted by Crippen LogP contribution is -2.54. The molecule has 1 aromatic rings. The van der Waals surface area contributed by atoms with Gasteiger partial charge in [0.05, 0.1) is 0 Å². The lowest BCUT2D eigenvalue weighted by molar-refractivity contribution is 0.0482. The number of fused-ring (bicyclic) bond motifs is 2. The van der Waals surface area contributed by atoms with E-state index in [-0.39, 0.29) is 5.82 Å². The summed E-state index contributed by atoms with van der Waals surface area (Å²) in [5.41, 5.74) is 0.753. The molecule has 0 spiro atoms. The maximum absolute atomic E-state index is 13.7. The van der Waals surface area contributed by atoms with Crippen molar-refractivity contribution in [1.29, 1.82) is 0 Å². The number of nitrogens with one attached hydrogen (secondary N) is 1. The zero-order chi connectivity index (χ0) is 14.1. The first-order valence-corrected chi connectivity index (χ1v) is 8.32. The van der Waals surface area contributed by atoms with Crippen LogP contribution in [0.4, 0.5) is 4.39 Å². The van der Waals surface area contributed by atoms with Gasteiger partial charge in [-0.1, -0.05) is 22.4 Å². The molecule has 2 atom stereocenters. The van der Waals surface area contributed by atoms with Gasteiger partial charge in [0, 0.05) is 34.7 Å². The van der Waals surface area contributed by atoms with Gasteiger partial charge in [0.25, 0.3) is 0 Å². The molecule has 2 aliphatic heterocycles. The maximum Gasteiger partial charge on any atom is 0.127 e. The lowest BCUT2D eigenvalue weighted by atomic mass is 9.82. The highest BCUT2D eigenvalue weighted by atomic mass is 79.9. The molecule has 0 radical (unpaired) electrons. The molecule has 110 valence electrons. The van der Waals surface area contributed by atoms with Crippen LogP contribution in [0.3, 0.4) is 0 Å². The van der Waals surface area contributed by atoms with Crippen molar-refractivity contribution in [3.8, 4) is 0 Å². The van der Waals surface area contributed by atoms with Crippen molar-refractivity contribution in [2.45, 2.75) is 56.8 Å². The molecule has 2 aliphatic rings. The first kappa shape index (κ1) is 14.5. The van der Waals surface area contributed by atoms with Gasteiger partial charge in [0.2, 0.25) is 0 Å². The van der Waals surface area contributed by atoms with Crippen molar-refractivity contribution in [2.75, 3.05) is 7.05 Å². The van der Waals surface area contributed by atoms with Crippen molar-refractivity contribution in [3.63, 3.8) is 0 Å². The van der Waals surface area contributed by atoms with Crippen molar-refractivity contribution in [1.82, 2.24) is 10.2 Å². The summed E-state index contributed by atoms with van der Waals surface area (Å²) in [4.78, 5) is 2.56. The first-order valence-electron chi connectivity index (χ1n) is 7.52. The first-order chi connectivity index (χ1) is 9.63. The van der Waals surface area contributed by atoms with Crippen molar-refractivity contribution in [3.05, 3.63) is 34.1 Å². The van der Waals surface area contributed by atoms with Crippen molar-refractivity contribution < 1.29 is 4.39 Å². The Morgan fingerprint density at radius 3 is 2.70 bits per heavy atom. The molecular formula is C16H22BrFN2. The highest BCUT2D eigenvalue weighted by Gasteiger charge is 2.35. The summed E-state index contributed by atoms with van der Waals surface area (Å²) in [6.07, 6.45) is 6.39. The second-order valence-electron chi connectivity index (χ2n) is 6.19. The summed E-state index contributed by atoms with van der Waals surface area (Å²) in [5.74, 6) is -0.117. The van der Waals surface area contributed by atoms with Gasteiger partial charge in [-0.25, -0.2) is 4.39 Å². The van der Waals surface area contributed by atoms with Gasteiger partial charge in [-0.3, -0.25) is 0 Å². The Bertz CT molecular complexity index is 466. The van der Waals surface area contributed by atoms with Crippen molar-refractivity contribution >= 4 is 15.9 Å². The Balaban J connectivity index is 1.60. The van der Waals surface area contributed by atoms with E-state index in [1.165, 1.54) is 38.2 Å². The fourth-order valence-corrected chi connectivity index (χ4v) is 4.12. The molecule has 2 bridgehead atoms. The van der Waals surface area contributed by atoms with E-state index in [9.17, 15) is 4.39 Å². The van der Waals surface area contributed by atoms with Gasteiger partial charge in [0.1, 0.15) is 5.82 Å². The Labute approximate surface area is 128 Å². The SMILES string of the molecule is CN1C2CCCC1CC(NCc1cc(Br)ccc1F)C2. The topological polar surface area (TPSA) is 15.3 Å². The smallest absolute Gasteiger partial charge is 0.127 e. The van der Waals surface area contributed by atoms with Crippen LogP contribution >= 0.6 is 15.9 Å². The quantitative estimate of drug-likeness (QED) is 0.902. The zero-order valence-corrected chi connectivity index (χ0v) is 13.5. The third kappa shape index (κ3) is 3.07. The molecule has 0 aliphatic carbocycles. The molecule has 2 unspecified atom stereocenters. The Hall–Kier alpha value is -0.450. The van der Waals surface area contributed by atoms with E-state index < -0.39 is 0 Å². The molecule has 2 heterocycles. The average molecular weight is 341 g/mol. The van der Waals surface area contributed by atoms with Gasteiger partial charge in [-0.2, -0.15) is 0 Å². The fraction of sp³-hybridized carbons (Fsp3) is 0.625. The number of rotatable bonds is 3. The molecule has 1 aromatic carbocycles. The number of halogens is 2. The van der Waals surface area contributed by atoms with Crippen LogP contribution in [0, 0.1) is 5.82 Å². The Morgan fingerprint density at radius 1 is 1.30 bits per heavy atom. The van der Waals surface area contributed by atoms with E-state index in [4.69, 9.17) is 0 Å². The molecule has 0 saturated carbocycles. The maximum atomic E-state index is 13.7. The molecule has 2 saturated heterocycles. The molecule has 3 rings (SSSR count). The third-order valence-electron chi connectivity index (χ3n) is 4.93. The van der Waals surface area contributed by atoms with Crippen LogP contribution in [0.25, 0.3) is 0 Å². The van der Waals surface area contributed by atoms with Crippen LogP contribution in [0.15, 0.2) is 22.7 Å². The second kappa shape index (κ2) is 6.12. The van der Waals surface area contributed by atoms with Gasteiger partial charge >= 0.3 is 0 Å². The molecule has 1 N–H and O–H groups in total. The number of piperidine rings is 2. The highest BCUT2D eigenvalue weighted by Crippen LogP contribution is 2.32. The summed E-state index contributed by atoms with van der Waals surface area (Å²) in [5, 5.41) is 3.57. The van der Waals surface area contributed by atoms with E-state index >= 15 is 0 Å². The molecule has 4 heteroatoms. The minimum Gasteiger partial charge on any atom is -0.310 e. The van der Waals surface area contributed by atoms with E-state index in [0.717, 1.165) is 10.0 Å². The van der Waals surface area contributed by atoms with Gasteiger partial charge in [-0.05, 0) is 50.9 Å². The minimum atomic E-state index is -0.117. The van der Waals surface area contributed by atoms with E-state index in [0.29, 0.717) is 24.7 Å². The Morgan fingerprint density at radius 2 is 2.00 bits per heavy atom. The van der Waals surface area contributed by atoms with Crippen LogP contribution in [-0.4, -0.2) is 30.1 Å². The van der Waals surface area contributed by atoms with Crippen LogP contribution in [0.2, 0.25) is 0 Å². The van der Waals surface area contributed by atoms with Gasteiger partial charge < -0.3 is 10.2 Å². The lowest BCUT2D eigenvalue weighted by Gasteiger charge is -2.47. The molecule has 2 nitrogen and oxygen atoms in total. The Kier molecular flexibility index (Phi) is 4.43. The van der Waals surface area contributed by atoms with Gasteiger partial charge in [0.15, 0.2) is 0 Å². The third-order valence-corrected chi connectivity index (χ3v) is 5.42. The molecule has 2 fully saturated rings. The van der Waals surface area contributed by atoms with Crippen molar-refractivity contribution in [2.24, 2.45) is 0 Å². The standard InChI is InChI=1S/C16H22BrFN2/c1-20-14-3-2-4-15(20)9-13(8-14)19-10-11-7-12(17)5-6-16(11)18/h5-7,13-15,19H,2-4,8-10H2,1H3. The van der Waals surface area contributed by atoms with Crippen LogP contribution < -0.4 is 5.32 Å². The monoisotopic (exact) mass is 340 g/mol. The second-order valence-corrected chi connectivity index (χ2v) is 7.10. The zero-order valence-electron chi connectivity index (χ0n) is 11.9. The summed E-state index contributed by atoms with van der Waals surface area (Å²) in [6, 6.07) is 7.11. The summed E-state index contributed by atoms with van der Waals surface area (Å²) < 4.78 is 14.7. The summed E-state index contributed by atoms with van der Waals surface area (Å²) in [7, 11) is 2.26. The molecular weight excluding hydrogens is 319 g/mol. The highest BCUT2D eigenvalue weighted by molar-refractivity contribution is 9.10. The average Bonchev–Trinajstić information content (AvgIpc) is 2.40. The normalized spacial score (nSPS) is 30.4. The number of hydrogen-bond acceptors (Lipinski definition) is 2. The van der Waals surface area contributed by atoms with Crippen LogP contribution in [-0.2, 0) is 6.54 Å². The number of benzene rings is 1.